The van der Waals surface area contributed by atoms with Crippen LogP contribution in [-0.4, -0.2) is 14.8 Å². The molecule has 0 aliphatic rings. The summed E-state index contributed by atoms with van der Waals surface area (Å²) in [5.41, 5.74) is -2.07. The van der Waals surface area contributed by atoms with E-state index < -0.39 is 34.0 Å². The molecule has 0 aliphatic heterocycles. The molecule has 0 aliphatic carbocycles. The predicted octanol–water partition coefficient (Wildman–Crippen LogP) is 4.04. The number of nitrogens with one attached hydrogen (secondary N) is 1. The third kappa shape index (κ3) is 2.92. The molecule has 0 saturated carbocycles. The number of benzene rings is 2. The Bertz CT molecular complexity index is 924. The first kappa shape index (κ1) is 16.3. The normalized spacial score (nSPS) is 11.7. The number of H-pyrrole nitrogens is 1. The van der Waals surface area contributed by atoms with Gasteiger partial charge in [0.05, 0.1) is 10.6 Å². The lowest BCUT2D eigenvalue weighted by Gasteiger charge is -2.10. The van der Waals surface area contributed by atoms with E-state index in [0.717, 1.165) is 0 Å². The van der Waals surface area contributed by atoms with Crippen LogP contribution in [0.15, 0.2) is 47.3 Å². The Morgan fingerprint density at radius 2 is 1.79 bits per heavy atom. The molecule has 0 atom stereocenters. The highest BCUT2D eigenvalue weighted by Crippen LogP contribution is 2.34. The summed E-state index contributed by atoms with van der Waals surface area (Å²) in [6.07, 6.45) is -4.76. The van der Waals surface area contributed by atoms with Crippen molar-refractivity contribution in [1.82, 2.24) is 14.8 Å². The van der Waals surface area contributed by atoms with Gasteiger partial charge in [-0.2, -0.15) is 17.9 Å². The third-order valence-electron chi connectivity index (χ3n) is 3.22. The average Bonchev–Trinajstić information content (AvgIpc) is 2.88. The largest absolute Gasteiger partial charge is 0.416 e. The molecule has 0 spiro atoms. The fourth-order valence-electron chi connectivity index (χ4n) is 2.13. The van der Waals surface area contributed by atoms with E-state index in [9.17, 15) is 22.4 Å². The molecule has 1 aromatic heterocycles. The van der Waals surface area contributed by atoms with E-state index in [1.54, 1.807) is 30.3 Å². The zero-order valence-electron chi connectivity index (χ0n) is 11.7. The van der Waals surface area contributed by atoms with Crippen LogP contribution in [0.25, 0.3) is 17.1 Å². The van der Waals surface area contributed by atoms with Gasteiger partial charge in [0.25, 0.3) is 0 Å². The summed E-state index contributed by atoms with van der Waals surface area (Å²) in [4.78, 5) is 14.4. The monoisotopic (exact) mass is 357 g/mol. The number of nitrogens with zero attached hydrogens (tertiary/aromatic N) is 2. The maximum absolute atomic E-state index is 14.1. The summed E-state index contributed by atoms with van der Waals surface area (Å²) in [6, 6.07) is 9.30. The van der Waals surface area contributed by atoms with Gasteiger partial charge in [-0.3, -0.25) is 4.98 Å². The first-order chi connectivity index (χ1) is 11.3. The van der Waals surface area contributed by atoms with Gasteiger partial charge in [-0.1, -0.05) is 41.9 Å². The minimum Gasteiger partial charge on any atom is -0.288 e. The molecule has 1 N–H and O–H groups in total. The fourth-order valence-corrected chi connectivity index (χ4v) is 2.42. The van der Waals surface area contributed by atoms with E-state index in [-0.39, 0.29) is 11.9 Å². The van der Waals surface area contributed by atoms with Crippen molar-refractivity contribution in [3.8, 4) is 17.1 Å². The van der Waals surface area contributed by atoms with Crippen LogP contribution in [0.4, 0.5) is 17.6 Å². The number of aromatic nitrogens is 3. The van der Waals surface area contributed by atoms with Crippen molar-refractivity contribution < 1.29 is 17.6 Å². The lowest BCUT2D eigenvalue weighted by atomic mass is 10.2. The summed E-state index contributed by atoms with van der Waals surface area (Å²) >= 11 is 5.75. The first-order valence-electron chi connectivity index (χ1n) is 6.59. The van der Waals surface area contributed by atoms with Crippen LogP contribution < -0.4 is 5.69 Å². The van der Waals surface area contributed by atoms with E-state index in [1.165, 1.54) is 0 Å². The molecule has 0 bridgehead atoms. The second kappa shape index (κ2) is 5.79. The first-order valence-corrected chi connectivity index (χ1v) is 6.96. The van der Waals surface area contributed by atoms with Crippen LogP contribution in [0.2, 0.25) is 5.02 Å². The molecular formula is C15H8ClF4N3O. The number of hydrogen-bond donors (Lipinski definition) is 1. The van der Waals surface area contributed by atoms with Crippen LogP contribution in [0.3, 0.4) is 0 Å². The van der Waals surface area contributed by atoms with E-state index in [0.29, 0.717) is 16.3 Å². The van der Waals surface area contributed by atoms with Gasteiger partial charge >= 0.3 is 11.9 Å². The summed E-state index contributed by atoms with van der Waals surface area (Å²) in [5, 5.41) is 3.33. The molecule has 4 nitrogen and oxygen atoms in total. The summed E-state index contributed by atoms with van der Waals surface area (Å²) in [7, 11) is 0. The second-order valence-electron chi connectivity index (χ2n) is 4.84. The van der Waals surface area contributed by atoms with Gasteiger partial charge < -0.3 is 0 Å². The Labute approximate surface area is 137 Å². The molecule has 2 aromatic carbocycles. The van der Waals surface area contributed by atoms with Crippen molar-refractivity contribution in [3.05, 3.63) is 69.4 Å². The number of aromatic amines is 1. The molecule has 1 heterocycles. The van der Waals surface area contributed by atoms with E-state index in [1.807, 2.05) is 0 Å². The lowest BCUT2D eigenvalue weighted by molar-refractivity contribution is -0.137. The van der Waals surface area contributed by atoms with Gasteiger partial charge in [0.2, 0.25) is 0 Å². The third-order valence-corrected chi connectivity index (χ3v) is 3.51. The zero-order valence-corrected chi connectivity index (χ0v) is 12.5. The summed E-state index contributed by atoms with van der Waals surface area (Å²) in [5.74, 6) is -1.17. The standard InChI is InChI=1S/C15H8ClF4N3O/c16-10-6-9(15(18,19)20)7-11(17)12(10)23-14(24)21-13(22-23)8-4-2-1-3-5-8/h1-7H,(H,21,22,24). The minimum absolute atomic E-state index is 0.135. The molecule has 3 rings (SSSR count). The molecule has 0 fully saturated rings. The number of rotatable bonds is 2. The second-order valence-corrected chi connectivity index (χ2v) is 5.25. The Morgan fingerprint density at radius 3 is 2.38 bits per heavy atom. The Morgan fingerprint density at radius 1 is 1.12 bits per heavy atom. The molecule has 0 radical (unpaired) electrons. The Hall–Kier alpha value is -2.61. The molecule has 9 heteroatoms. The zero-order chi connectivity index (χ0) is 17.5. The molecule has 124 valence electrons. The van der Waals surface area contributed by atoms with Gasteiger partial charge in [-0.15, -0.1) is 5.10 Å². The SMILES string of the molecule is O=c1[nH]c(-c2ccccc2)nn1-c1c(F)cc(C(F)(F)F)cc1Cl. The van der Waals surface area contributed by atoms with Crippen LogP contribution in [-0.2, 0) is 6.18 Å². The minimum atomic E-state index is -4.76. The van der Waals surface area contributed by atoms with Gasteiger partial charge in [-0.05, 0) is 12.1 Å². The highest BCUT2D eigenvalue weighted by molar-refractivity contribution is 6.32. The molecule has 3 aromatic rings. The maximum atomic E-state index is 14.1. The average molecular weight is 358 g/mol. The van der Waals surface area contributed by atoms with Crippen molar-refractivity contribution in [1.29, 1.82) is 0 Å². The van der Waals surface area contributed by atoms with Crippen LogP contribution in [0.5, 0.6) is 0 Å². The predicted molar refractivity (Wildman–Crippen MR) is 79.6 cm³/mol. The number of alkyl halides is 3. The van der Waals surface area contributed by atoms with Crippen LogP contribution in [0.1, 0.15) is 5.56 Å². The van der Waals surface area contributed by atoms with Crippen molar-refractivity contribution >= 4 is 11.6 Å². The van der Waals surface area contributed by atoms with Gasteiger partial charge in [0.15, 0.2) is 11.6 Å². The van der Waals surface area contributed by atoms with Crippen LogP contribution >= 0.6 is 11.6 Å². The Kier molecular flexibility index (Phi) is 3.92. The van der Waals surface area contributed by atoms with E-state index >= 15 is 0 Å². The van der Waals surface area contributed by atoms with E-state index in [2.05, 4.69) is 10.1 Å². The molecule has 0 saturated heterocycles. The smallest absolute Gasteiger partial charge is 0.288 e. The van der Waals surface area contributed by atoms with Crippen molar-refractivity contribution in [3.63, 3.8) is 0 Å². The molecule has 0 unspecified atom stereocenters. The van der Waals surface area contributed by atoms with Gasteiger partial charge in [0, 0.05) is 5.56 Å². The fraction of sp³-hybridized carbons (Fsp3) is 0.0667. The summed E-state index contributed by atoms with van der Waals surface area (Å²) in [6.45, 7) is 0. The van der Waals surface area contributed by atoms with Crippen molar-refractivity contribution in [2.75, 3.05) is 0 Å². The van der Waals surface area contributed by atoms with Crippen molar-refractivity contribution in [2.24, 2.45) is 0 Å². The topological polar surface area (TPSA) is 50.7 Å². The highest BCUT2D eigenvalue weighted by atomic mass is 35.5. The quantitative estimate of drug-likeness (QED) is 0.704. The molecule has 24 heavy (non-hydrogen) atoms. The molecule has 0 amide bonds. The Balaban J connectivity index is 2.14. The van der Waals surface area contributed by atoms with Gasteiger partial charge in [0.1, 0.15) is 5.69 Å². The maximum Gasteiger partial charge on any atom is 0.416 e. The number of hydrogen-bond acceptors (Lipinski definition) is 2. The molecular weight excluding hydrogens is 350 g/mol. The van der Waals surface area contributed by atoms with Crippen molar-refractivity contribution in [2.45, 2.75) is 6.18 Å². The highest BCUT2D eigenvalue weighted by Gasteiger charge is 2.33. The lowest BCUT2D eigenvalue weighted by Crippen LogP contribution is -2.18. The summed E-state index contributed by atoms with van der Waals surface area (Å²) < 4.78 is 52.7. The van der Waals surface area contributed by atoms with Gasteiger partial charge in [-0.25, -0.2) is 9.18 Å². The van der Waals surface area contributed by atoms with E-state index in [4.69, 9.17) is 11.6 Å². The number of halogens is 5. The van der Waals surface area contributed by atoms with Crippen LogP contribution in [0, 0.1) is 5.82 Å².